The molecule has 1 aromatic heterocycles. The number of aryl methyl sites for hydroxylation is 2. The molecule has 2 aromatic rings. The first-order valence-electron chi connectivity index (χ1n) is 10.6. The number of benzene rings is 1. The van der Waals surface area contributed by atoms with Crippen LogP contribution in [0.25, 0.3) is 0 Å². The average Bonchev–Trinajstić information content (AvgIpc) is 2.88. The molecule has 6 nitrogen and oxygen atoms in total. The lowest BCUT2D eigenvalue weighted by molar-refractivity contribution is -0.119. The molecule has 0 aliphatic heterocycles. The number of hydrogen-bond donors (Lipinski definition) is 1. The van der Waals surface area contributed by atoms with Gasteiger partial charge in [0.25, 0.3) is 0 Å². The fourth-order valence-electron chi connectivity index (χ4n) is 3.86. The smallest absolute Gasteiger partial charge is 0.230 e. The van der Waals surface area contributed by atoms with E-state index in [1.54, 1.807) is 0 Å². The summed E-state index contributed by atoms with van der Waals surface area (Å²) < 4.78 is 7.97. The van der Waals surface area contributed by atoms with Gasteiger partial charge in [0, 0.05) is 18.1 Å². The van der Waals surface area contributed by atoms with Crippen LogP contribution in [0.4, 0.5) is 0 Å². The molecule has 1 aliphatic carbocycles. The summed E-state index contributed by atoms with van der Waals surface area (Å²) in [4.78, 5) is 12.4. The summed E-state index contributed by atoms with van der Waals surface area (Å²) in [6.45, 7) is 5.87. The second kappa shape index (κ2) is 10.5. The zero-order valence-electron chi connectivity index (χ0n) is 18.2. The van der Waals surface area contributed by atoms with Crippen molar-refractivity contribution in [2.75, 3.05) is 5.75 Å². The number of carbonyl (C=O) groups is 1. The summed E-state index contributed by atoms with van der Waals surface area (Å²) >= 11 is 7.65. The monoisotopic (exact) mass is 450 g/mol. The first-order chi connectivity index (χ1) is 14.3. The van der Waals surface area contributed by atoms with E-state index in [2.05, 4.69) is 15.5 Å². The molecule has 1 aromatic carbocycles. The molecule has 1 N–H and O–H groups in total. The number of thioether (sulfide) groups is 1. The minimum Gasteiger partial charge on any atom is -0.483 e. The molecule has 164 valence electrons. The molecule has 1 unspecified atom stereocenters. The molecule has 0 bridgehead atoms. The molecule has 1 saturated carbocycles. The fourth-order valence-corrected chi connectivity index (χ4v) is 4.70. The van der Waals surface area contributed by atoms with Crippen LogP contribution < -0.4 is 10.1 Å². The van der Waals surface area contributed by atoms with E-state index in [1.807, 2.05) is 44.5 Å². The van der Waals surface area contributed by atoms with Crippen molar-refractivity contribution >= 4 is 29.3 Å². The van der Waals surface area contributed by atoms with Crippen molar-refractivity contribution < 1.29 is 9.53 Å². The molecule has 8 heteroatoms. The van der Waals surface area contributed by atoms with Gasteiger partial charge in [-0.3, -0.25) is 4.79 Å². The molecule has 1 heterocycles. The normalized spacial score (nSPS) is 16.2. The summed E-state index contributed by atoms with van der Waals surface area (Å²) in [7, 11) is 1.90. The Morgan fingerprint density at radius 1 is 1.23 bits per heavy atom. The van der Waals surface area contributed by atoms with Crippen molar-refractivity contribution in [2.24, 2.45) is 7.05 Å². The van der Waals surface area contributed by atoms with E-state index in [1.165, 1.54) is 37.4 Å². The summed E-state index contributed by atoms with van der Waals surface area (Å²) in [5.41, 5.74) is 1.96. The Labute approximate surface area is 188 Å². The van der Waals surface area contributed by atoms with Crippen LogP contribution in [0, 0.1) is 13.8 Å². The molecule has 0 saturated heterocycles. The van der Waals surface area contributed by atoms with Crippen LogP contribution in [0.15, 0.2) is 17.3 Å². The number of aromatic nitrogens is 3. The van der Waals surface area contributed by atoms with Gasteiger partial charge in [0.2, 0.25) is 5.91 Å². The third kappa shape index (κ3) is 5.91. The average molecular weight is 451 g/mol. The van der Waals surface area contributed by atoms with E-state index in [9.17, 15) is 4.79 Å². The second-order valence-corrected chi connectivity index (χ2v) is 9.40. The molecule has 1 amide bonds. The van der Waals surface area contributed by atoms with E-state index < -0.39 is 0 Å². The van der Waals surface area contributed by atoms with Gasteiger partial charge in [0.05, 0.1) is 5.75 Å². The van der Waals surface area contributed by atoms with Gasteiger partial charge in [0.15, 0.2) is 17.1 Å². The van der Waals surface area contributed by atoms with Crippen LogP contribution >= 0.6 is 23.4 Å². The van der Waals surface area contributed by atoms with Crippen molar-refractivity contribution in [2.45, 2.75) is 76.6 Å². The number of nitrogens with one attached hydrogen (secondary N) is 1. The molecule has 30 heavy (non-hydrogen) atoms. The van der Waals surface area contributed by atoms with Gasteiger partial charge in [-0.15, -0.1) is 10.2 Å². The van der Waals surface area contributed by atoms with Crippen LogP contribution in [0.1, 0.15) is 68.5 Å². The number of carbonyl (C=O) groups excluding carboxylic acids is 1. The zero-order valence-corrected chi connectivity index (χ0v) is 19.8. The van der Waals surface area contributed by atoms with E-state index >= 15 is 0 Å². The Morgan fingerprint density at radius 2 is 1.87 bits per heavy atom. The quantitative estimate of drug-likeness (QED) is 0.466. The van der Waals surface area contributed by atoms with Crippen LogP contribution in [-0.4, -0.2) is 32.5 Å². The van der Waals surface area contributed by atoms with Crippen molar-refractivity contribution in [1.82, 2.24) is 20.1 Å². The standard InChI is InChI=1S/C22H31ClN4O2S/c1-14-11-18(12-15(2)20(14)23)29-16(3)21-25-26-22(27(21)4)30-13-19(28)24-17-9-7-5-6-8-10-17/h11-12,16-17H,5-10,13H2,1-4H3,(H,24,28). The highest BCUT2D eigenvalue weighted by Gasteiger charge is 2.20. The lowest BCUT2D eigenvalue weighted by atomic mass is 10.1. The fraction of sp³-hybridized carbons (Fsp3) is 0.591. The second-order valence-electron chi connectivity index (χ2n) is 8.08. The maximum absolute atomic E-state index is 12.4. The van der Waals surface area contributed by atoms with Gasteiger partial charge in [0.1, 0.15) is 5.75 Å². The van der Waals surface area contributed by atoms with E-state index in [0.29, 0.717) is 22.8 Å². The highest BCUT2D eigenvalue weighted by Crippen LogP contribution is 2.29. The van der Waals surface area contributed by atoms with Crippen molar-refractivity contribution in [3.8, 4) is 5.75 Å². The van der Waals surface area contributed by atoms with Gasteiger partial charge in [-0.1, -0.05) is 49.0 Å². The van der Waals surface area contributed by atoms with Gasteiger partial charge in [-0.05, 0) is 56.9 Å². The van der Waals surface area contributed by atoms with Crippen molar-refractivity contribution in [3.63, 3.8) is 0 Å². The minimum absolute atomic E-state index is 0.0628. The summed E-state index contributed by atoms with van der Waals surface area (Å²) in [5, 5.41) is 13.2. The lowest BCUT2D eigenvalue weighted by Crippen LogP contribution is -2.35. The van der Waals surface area contributed by atoms with E-state index in [4.69, 9.17) is 16.3 Å². The largest absolute Gasteiger partial charge is 0.483 e. The van der Waals surface area contributed by atoms with E-state index in [-0.39, 0.29) is 12.0 Å². The first kappa shape index (κ1) is 22.9. The third-order valence-electron chi connectivity index (χ3n) is 5.51. The molecule has 0 radical (unpaired) electrons. The maximum Gasteiger partial charge on any atom is 0.230 e. The highest BCUT2D eigenvalue weighted by molar-refractivity contribution is 7.99. The summed E-state index contributed by atoms with van der Waals surface area (Å²) in [6.07, 6.45) is 6.85. The van der Waals surface area contributed by atoms with Crippen LogP contribution in [0.2, 0.25) is 5.02 Å². The molecule has 0 spiro atoms. The number of hydrogen-bond acceptors (Lipinski definition) is 5. The molecule has 1 atom stereocenters. The van der Waals surface area contributed by atoms with Gasteiger partial charge < -0.3 is 14.6 Å². The number of halogens is 1. The molecule has 1 fully saturated rings. The molecule has 3 rings (SSSR count). The predicted molar refractivity (Wildman–Crippen MR) is 121 cm³/mol. The van der Waals surface area contributed by atoms with Crippen LogP contribution in [0.3, 0.4) is 0 Å². The topological polar surface area (TPSA) is 69.0 Å². The summed E-state index contributed by atoms with van der Waals surface area (Å²) in [5.74, 6) is 1.87. The highest BCUT2D eigenvalue weighted by atomic mass is 35.5. The molecule has 1 aliphatic rings. The summed E-state index contributed by atoms with van der Waals surface area (Å²) in [6, 6.07) is 4.17. The lowest BCUT2D eigenvalue weighted by Gasteiger charge is -2.16. The number of amides is 1. The van der Waals surface area contributed by atoms with Crippen LogP contribution in [0.5, 0.6) is 5.75 Å². The van der Waals surface area contributed by atoms with Crippen molar-refractivity contribution in [3.05, 3.63) is 34.1 Å². The zero-order chi connectivity index (χ0) is 21.7. The first-order valence-corrected chi connectivity index (χ1v) is 12.0. The third-order valence-corrected chi connectivity index (χ3v) is 7.12. The Balaban J connectivity index is 1.56. The van der Waals surface area contributed by atoms with E-state index in [0.717, 1.165) is 34.7 Å². The predicted octanol–water partition coefficient (Wildman–Crippen LogP) is 5.16. The Bertz CT molecular complexity index is 855. The molecular weight excluding hydrogens is 420 g/mol. The van der Waals surface area contributed by atoms with Gasteiger partial charge in [-0.25, -0.2) is 0 Å². The Morgan fingerprint density at radius 3 is 2.50 bits per heavy atom. The van der Waals surface area contributed by atoms with Crippen LogP contribution in [-0.2, 0) is 11.8 Å². The van der Waals surface area contributed by atoms with Gasteiger partial charge in [-0.2, -0.15) is 0 Å². The Hall–Kier alpha value is -1.73. The molecular formula is C22H31ClN4O2S. The number of ether oxygens (including phenoxy) is 1. The number of rotatable bonds is 7. The minimum atomic E-state index is -0.281. The Kier molecular flexibility index (Phi) is 8.06. The van der Waals surface area contributed by atoms with Gasteiger partial charge >= 0.3 is 0 Å². The number of nitrogens with zero attached hydrogens (tertiary/aromatic N) is 3. The SMILES string of the molecule is Cc1cc(OC(C)c2nnc(SCC(=O)NC3CCCCCC3)n2C)cc(C)c1Cl. The van der Waals surface area contributed by atoms with Crippen molar-refractivity contribution in [1.29, 1.82) is 0 Å². The maximum atomic E-state index is 12.4.